The van der Waals surface area contributed by atoms with E-state index in [0.717, 1.165) is 11.1 Å². The largest absolute Gasteiger partial charge is 0.379 e. The van der Waals surface area contributed by atoms with Crippen LogP contribution in [0.2, 0.25) is 0 Å². The zero-order valence-corrected chi connectivity index (χ0v) is 21.4. The fourth-order valence-electron chi connectivity index (χ4n) is 5.99. The molecule has 2 fully saturated rings. The zero-order chi connectivity index (χ0) is 27.2. The van der Waals surface area contributed by atoms with E-state index in [1.165, 1.54) is 11.8 Å². The fourth-order valence-corrected chi connectivity index (χ4v) is 5.99. The molecule has 0 unspecified atom stereocenters. The van der Waals surface area contributed by atoms with Crippen molar-refractivity contribution in [2.24, 2.45) is 0 Å². The number of rotatable bonds is 6. The SMILES string of the molecule is CC(=O)NC[C@H]1[C@@H](OCc2ccccc2)[C@@H]2O[C@H](c3ccccc3)OC[C@@]2(O)[C@]2(O)c3ccccc3C(=O)N12. The van der Waals surface area contributed by atoms with Crippen LogP contribution in [-0.2, 0) is 31.3 Å². The molecule has 39 heavy (non-hydrogen) atoms. The van der Waals surface area contributed by atoms with E-state index >= 15 is 0 Å². The summed E-state index contributed by atoms with van der Waals surface area (Å²) < 4.78 is 18.9. The molecule has 202 valence electrons. The normalized spacial score (nSPS) is 31.3. The van der Waals surface area contributed by atoms with Gasteiger partial charge in [-0.05, 0) is 11.6 Å². The van der Waals surface area contributed by atoms with E-state index < -0.39 is 41.8 Å². The Morgan fingerprint density at radius 2 is 1.69 bits per heavy atom. The van der Waals surface area contributed by atoms with Crippen LogP contribution in [0.1, 0.15) is 40.3 Å². The van der Waals surface area contributed by atoms with Crippen molar-refractivity contribution in [3.05, 3.63) is 107 Å². The summed E-state index contributed by atoms with van der Waals surface area (Å²) in [7, 11) is 0. The highest BCUT2D eigenvalue weighted by Gasteiger charge is 2.73. The van der Waals surface area contributed by atoms with Crippen molar-refractivity contribution >= 4 is 11.8 Å². The Morgan fingerprint density at radius 3 is 2.41 bits per heavy atom. The van der Waals surface area contributed by atoms with Crippen LogP contribution in [-0.4, -0.2) is 63.9 Å². The highest BCUT2D eigenvalue weighted by molar-refractivity contribution is 6.00. The molecule has 0 radical (unpaired) electrons. The zero-order valence-electron chi connectivity index (χ0n) is 21.4. The van der Waals surface area contributed by atoms with E-state index in [1.54, 1.807) is 24.3 Å². The van der Waals surface area contributed by atoms with Crippen molar-refractivity contribution in [3.63, 3.8) is 0 Å². The van der Waals surface area contributed by atoms with Gasteiger partial charge in [0.15, 0.2) is 11.9 Å². The number of carbonyl (C=O) groups excluding carboxylic acids is 2. The van der Waals surface area contributed by atoms with Crippen molar-refractivity contribution < 1.29 is 34.0 Å². The Labute approximate surface area is 225 Å². The van der Waals surface area contributed by atoms with Gasteiger partial charge in [0.25, 0.3) is 5.91 Å². The minimum Gasteiger partial charge on any atom is -0.379 e. The van der Waals surface area contributed by atoms with E-state index in [2.05, 4.69) is 5.32 Å². The van der Waals surface area contributed by atoms with Crippen LogP contribution in [0.15, 0.2) is 84.9 Å². The summed E-state index contributed by atoms with van der Waals surface area (Å²) in [5.41, 5.74) is -2.16. The van der Waals surface area contributed by atoms with Gasteiger partial charge in [0, 0.05) is 30.2 Å². The summed E-state index contributed by atoms with van der Waals surface area (Å²) in [5, 5.41) is 27.5. The average Bonchev–Trinajstić information content (AvgIpc) is 3.20. The summed E-state index contributed by atoms with van der Waals surface area (Å²) in [6.45, 7) is 1.18. The molecule has 3 aromatic carbocycles. The second-order valence-corrected chi connectivity index (χ2v) is 10.2. The lowest BCUT2D eigenvalue weighted by Crippen LogP contribution is -2.81. The molecule has 9 nitrogen and oxygen atoms in total. The number of amides is 2. The molecule has 0 bridgehead atoms. The number of hydrogen-bond donors (Lipinski definition) is 3. The first-order valence-electron chi connectivity index (χ1n) is 12.9. The smallest absolute Gasteiger partial charge is 0.257 e. The van der Waals surface area contributed by atoms with Crippen molar-refractivity contribution in [3.8, 4) is 0 Å². The molecule has 2 saturated heterocycles. The van der Waals surface area contributed by atoms with E-state index in [4.69, 9.17) is 14.2 Å². The topological polar surface area (TPSA) is 118 Å². The Morgan fingerprint density at radius 1 is 1.03 bits per heavy atom. The summed E-state index contributed by atoms with van der Waals surface area (Å²) in [6, 6.07) is 24.5. The molecule has 9 heteroatoms. The molecule has 0 spiro atoms. The van der Waals surface area contributed by atoms with Gasteiger partial charge in [0.1, 0.15) is 12.2 Å². The van der Waals surface area contributed by atoms with Gasteiger partial charge in [0.05, 0.1) is 19.3 Å². The Kier molecular flexibility index (Phi) is 6.49. The van der Waals surface area contributed by atoms with Crippen LogP contribution < -0.4 is 5.32 Å². The van der Waals surface area contributed by atoms with E-state index in [0.29, 0.717) is 0 Å². The molecule has 6 rings (SSSR count). The van der Waals surface area contributed by atoms with Crippen LogP contribution in [0.25, 0.3) is 0 Å². The standard InChI is InChI=1S/C30H30N2O7/c1-19(33)31-16-24-25(37-17-20-10-4-2-5-11-20)26-29(35,18-38-28(39-26)21-12-6-3-7-13-21)30(36)23-15-9-8-14-22(23)27(34)32(24)30/h2-15,24-26,28,35-36H,16-18H2,1H3,(H,31,33)/t24-,25+,26-,28+,29-,30+/m0/s1. The van der Waals surface area contributed by atoms with Gasteiger partial charge >= 0.3 is 0 Å². The summed E-state index contributed by atoms with van der Waals surface area (Å²) in [6.07, 6.45) is -2.90. The minimum absolute atomic E-state index is 0.0242. The number of nitrogens with zero attached hydrogens (tertiary/aromatic N) is 1. The third kappa shape index (κ3) is 4.05. The number of carbonyl (C=O) groups is 2. The molecule has 3 aromatic rings. The van der Waals surface area contributed by atoms with Gasteiger partial charge in [-0.15, -0.1) is 0 Å². The number of benzene rings is 3. The molecule has 3 heterocycles. The molecule has 6 atom stereocenters. The lowest BCUT2D eigenvalue weighted by Gasteiger charge is -2.61. The number of aliphatic hydroxyl groups is 2. The Bertz CT molecular complexity index is 1370. The van der Waals surface area contributed by atoms with Gasteiger partial charge in [-0.3, -0.25) is 14.5 Å². The molecule has 3 aliphatic heterocycles. The molecule has 0 aromatic heterocycles. The Balaban J connectivity index is 1.47. The first-order valence-corrected chi connectivity index (χ1v) is 12.9. The lowest BCUT2D eigenvalue weighted by molar-refractivity contribution is -0.398. The highest BCUT2D eigenvalue weighted by Crippen LogP contribution is 2.55. The van der Waals surface area contributed by atoms with E-state index in [1.807, 2.05) is 60.7 Å². The van der Waals surface area contributed by atoms with Crippen molar-refractivity contribution in [1.82, 2.24) is 10.2 Å². The maximum Gasteiger partial charge on any atom is 0.257 e. The number of fused-ring (bicyclic) bond motifs is 5. The summed E-state index contributed by atoms with van der Waals surface area (Å²) in [4.78, 5) is 27.1. The van der Waals surface area contributed by atoms with E-state index in [-0.39, 0.29) is 36.8 Å². The van der Waals surface area contributed by atoms with Gasteiger partial charge in [0.2, 0.25) is 11.6 Å². The molecule has 3 N–H and O–H groups in total. The van der Waals surface area contributed by atoms with Crippen LogP contribution >= 0.6 is 0 Å². The number of hydrogen-bond acceptors (Lipinski definition) is 7. The molecule has 2 amide bonds. The van der Waals surface area contributed by atoms with Gasteiger partial charge in [-0.2, -0.15) is 0 Å². The van der Waals surface area contributed by atoms with Crippen molar-refractivity contribution in [2.45, 2.75) is 49.4 Å². The fraction of sp³-hybridized carbons (Fsp3) is 0.333. The number of piperidine rings is 1. The Hall–Kier alpha value is -3.60. The lowest BCUT2D eigenvalue weighted by atomic mass is 9.72. The second-order valence-electron chi connectivity index (χ2n) is 10.2. The van der Waals surface area contributed by atoms with Gasteiger partial charge < -0.3 is 29.7 Å². The average molecular weight is 531 g/mol. The molecule has 3 aliphatic rings. The highest BCUT2D eigenvalue weighted by atomic mass is 16.7. The molecular weight excluding hydrogens is 500 g/mol. The van der Waals surface area contributed by atoms with Crippen LogP contribution in [0.4, 0.5) is 0 Å². The first kappa shape index (κ1) is 25.7. The van der Waals surface area contributed by atoms with E-state index in [9.17, 15) is 19.8 Å². The number of ether oxygens (including phenoxy) is 3. The summed E-state index contributed by atoms with van der Waals surface area (Å²) in [5.74, 6) is -0.783. The minimum atomic E-state index is -2.19. The maximum atomic E-state index is 13.8. The predicted octanol–water partition coefficient (Wildman–Crippen LogP) is 2.24. The van der Waals surface area contributed by atoms with Crippen molar-refractivity contribution in [1.29, 1.82) is 0 Å². The van der Waals surface area contributed by atoms with Crippen molar-refractivity contribution in [2.75, 3.05) is 13.2 Å². The molecule has 0 aliphatic carbocycles. The first-order chi connectivity index (χ1) is 18.8. The van der Waals surface area contributed by atoms with Crippen LogP contribution in [0.5, 0.6) is 0 Å². The summed E-state index contributed by atoms with van der Waals surface area (Å²) >= 11 is 0. The van der Waals surface area contributed by atoms with Gasteiger partial charge in [-0.1, -0.05) is 78.9 Å². The third-order valence-electron chi connectivity index (χ3n) is 7.83. The second kappa shape index (κ2) is 9.86. The van der Waals surface area contributed by atoms with Crippen LogP contribution in [0, 0.1) is 0 Å². The maximum absolute atomic E-state index is 13.8. The number of nitrogens with one attached hydrogen (secondary N) is 1. The van der Waals surface area contributed by atoms with Crippen LogP contribution in [0.3, 0.4) is 0 Å². The molecule has 0 saturated carbocycles. The third-order valence-corrected chi connectivity index (χ3v) is 7.83. The molecular formula is C30H30N2O7. The predicted molar refractivity (Wildman–Crippen MR) is 139 cm³/mol. The monoisotopic (exact) mass is 530 g/mol. The van der Waals surface area contributed by atoms with Gasteiger partial charge in [-0.25, -0.2) is 0 Å². The quantitative estimate of drug-likeness (QED) is 0.448.